The Balaban J connectivity index is 1.54. The van der Waals surface area contributed by atoms with Gasteiger partial charge >= 0.3 is 5.69 Å². The lowest BCUT2D eigenvalue weighted by Gasteiger charge is -2.11. The summed E-state index contributed by atoms with van der Waals surface area (Å²) in [5.74, 6) is 0.602. The molecular weight excluding hydrogens is 418 g/mol. The molecule has 0 radical (unpaired) electrons. The van der Waals surface area contributed by atoms with Crippen LogP contribution in [-0.4, -0.2) is 39.5 Å². The number of carbonyl (C=O) groups is 1. The third kappa shape index (κ3) is 4.53. The molecule has 0 aliphatic heterocycles. The van der Waals surface area contributed by atoms with Crippen LogP contribution in [0.4, 0.5) is 5.69 Å². The van der Waals surface area contributed by atoms with Crippen LogP contribution >= 0.6 is 11.8 Å². The van der Waals surface area contributed by atoms with Crippen LogP contribution in [0.25, 0.3) is 5.65 Å². The number of nitrogens with one attached hydrogen (secondary N) is 1. The number of rotatable bonds is 7. The Labute approximate surface area is 181 Å². The molecule has 2 aromatic carbocycles. The summed E-state index contributed by atoms with van der Waals surface area (Å²) in [6.45, 7) is -0.274. The average molecular weight is 437 g/mol. The van der Waals surface area contributed by atoms with Crippen LogP contribution < -0.4 is 20.5 Å². The van der Waals surface area contributed by atoms with Gasteiger partial charge in [-0.25, -0.2) is 9.48 Å². The van der Waals surface area contributed by atoms with Gasteiger partial charge in [0, 0.05) is 11.0 Å². The van der Waals surface area contributed by atoms with Gasteiger partial charge in [0.15, 0.2) is 5.65 Å². The van der Waals surface area contributed by atoms with Gasteiger partial charge < -0.3 is 14.8 Å². The molecular formula is C21H19N5O4S. The summed E-state index contributed by atoms with van der Waals surface area (Å²) in [4.78, 5) is 26.3. The fourth-order valence-corrected chi connectivity index (χ4v) is 3.69. The minimum Gasteiger partial charge on any atom is -0.497 e. The highest BCUT2D eigenvalue weighted by Crippen LogP contribution is 2.29. The first-order valence-corrected chi connectivity index (χ1v) is 10.1. The number of anilines is 1. The predicted octanol–water partition coefficient (Wildman–Crippen LogP) is 2.70. The van der Waals surface area contributed by atoms with Gasteiger partial charge in [0.25, 0.3) is 0 Å². The van der Waals surface area contributed by atoms with Crippen molar-refractivity contribution in [2.45, 2.75) is 16.5 Å². The van der Waals surface area contributed by atoms with Crippen LogP contribution in [0.15, 0.2) is 75.4 Å². The summed E-state index contributed by atoms with van der Waals surface area (Å²) in [6.07, 6.45) is 0. The quantitative estimate of drug-likeness (QED) is 0.474. The maximum Gasteiger partial charge on any atom is 0.367 e. The van der Waals surface area contributed by atoms with Crippen molar-refractivity contribution in [3.8, 4) is 11.5 Å². The van der Waals surface area contributed by atoms with E-state index in [0.717, 1.165) is 9.58 Å². The number of hydrogen-bond donors (Lipinski definition) is 1. The lowest BCUT2D eigenvalue weighted by atomic mass is 10.2. The average Bonchev–Trinajstić information content (AvgIpc) is 3.09. The van der Waals surface area contributed by atoms with Crippen LogP contribution in [-0.2, 0) is 11.3 Å². The molecule has 0 saturated heterocycles. The third-order valence-corrected chi connectivity index (χ3v) is 5.29. The molecule has 0 saturated carbocycles. The second-order valence-corrected chi connectivity index (χ2v) is 7.51. The van der Waals surface area contributed by atoms with Gasteiger partial charge in [-0.05, 0) is 36.4 Å². The van der Waals surface area contributed by atoms with Gasteiger partial charge in [0.05, 0.1) is 19.9 Å². The molecule has 0 spiro atoms. The zero-order chi connectivity index (χ0) is 21.8. The van der Waals surface area contributed by atoms with E-state index in [2.05, 4.69) is 15.5 Å². The molecule has 2 aromatic heterocycles. The molecule has 1 N–H and O–H groups in total. The zero-order valence-electron chi connectivity index (χ0n) is 16.8. The third-order valence-electron chi connectivity index (χ3n) is 4.36. The smallest absolute Gasteiger partial charge is 0.367 e. The normalized spacial score (nSPS) is 10.8. The number of ether oxygens (including phenoxy) is 2. The number of carbonyl (C=O) groups excluding carboxylic acids is 1. The van der Waals surface area contributed by atoms with Crippen molar-refractivity contribution in [2.24, 2.45) is 0 Å². The highest BCUT2D eigenvalue weighted by atomic mass is 32.2. The molecule has 9 nitrogen and oxygen atoms in total. The number of fused-ring (bicyclic) bond motifs is 1. The number of hydrogen-bond acceptors (Lipinski definition) is 7. The maximum atomic E-state index is 12.7. The molecule has 10 heteroatoms. The lowest BCUT2D eigenvalue weighted by molar-refractivity contribution is -0.117. The van der Waals surface area contributed by atoms with E-state index in [0.29, 0.717) is 27.9 Å². The van der Waals surface area contributed by atoms with Crippen LogP contribution in [0, 0.1) is 0 Å². The van der Waals surface area contributed by atoms with Crippen LogP contribution in [0.1, 0.15) is 0 Å². The van der Waals surface area contributed by atoms with Crippen LogP contribution in [0.5, 0.6) is 11.5 Å². The second-order valence-electron chi connectivity index (χ2n) is 6.41. The van der Waals surface area contributed by atoms with Crippen molar-refractivity contribution in [1.29, 1.82) is 0 Å². The van der Waals surface area contributed by atoms with Crippen LogP contribution in [0.3, 0.4) is 0 Å². The Hall–Kier alpha value is -3.79. The van der Waals surface area contributed by atoms with Crippen molar-refractivity contribution < 1.29 is 14.3 Å². The van der Waals surface area contributed by atoms with E-state index < -0.39 is 11.6 Å². The monoisotopic (exact) mass is 437 g/mol. The Bertz CT molecular complexity index is 1290. The molecule has 31 heavy (non-hydrogen) atoms. The van der Waals surface area contributed by atoms with E-state index in [4.69, 9.17) is 9.47 Å². The van der Waals surface area contributed by atoms with Crippen molar-refractivity contribution in [1.82, 2.24) is 19.4 Å². The number of nitrogens with zero attached hydrogens (tertiary/aromatic N) is 4. The molecule has 2 heterocycles. The molecule has 4 aromatic rings. The van der Waals surface area contributed by atoms with E-state index >= 15 is 0 Å². The molecule has 1 amide bonds. The predicted molar refractivity (Wildman–Crippen MR) is 116 cm³/mol. The van der Waals surface area contributed by atoms with E-state index in [1.807, 2.05) is 30.3 Å². The Morgan fingerprint density at radius 3 is 2.58 bits per heavy atom. The van der Waals surface area contributed by atoms with Gasteiger partial charge in [0.1, 0.15) is 23.1 Å². The summed E-state index contributed by atoms with van der Waals surface area (Å²) in [5.41, 5.74) is 0.288. The van der Waals surface area contributed by atoms with Gasteiger partial charge in [-0.2, -0.15) is 9.61 Å². The van der Waals surface area contributed by atoms with E-state index in [1.54, 1.807) is 30.3 Å². The second kappa shape index (κ2) is 8.92. The Morgan fingerprint density at radius 1 is 1.03 bits per heavy atom. The molecule has 0 atom stereocenters. The molecule has 158 valence electrons. The first kappa shape index (κ1) is 20.5. The van der Waals surface area contributed by atoms with Crippen molar-refractivity contribution in [3.63, 3.8) is 0 Å². The summed E-state index contributed by atoms with van der Waals surface area (Å²) >= 11 is 1.43. The zero-order valence-corrected chi connectivity index (χ0v) is 17.6. The molecule has 0 unspecified atom stereocenters. The number of amides is 1. The first-order valence-electron chi connectivity index (χ1n) is 9.29. The van der Waals surface area contributed by atoms with Crippen LogP contribution in [0.2, 0.25) is 0 Å². The van der Waals surface area contributed by atoms with Gasteiger partial charge in [0.2, 0.25) is 5.91 Å². The van der Waals surface area contributed by atoms with E-state index in [1.165, 1.54) is 30.5 Å². The number of aromatic nitrogens is 4. The Morgan fingerprint density at radius 2 is 1.84 bits per heavy atom. The summed E-state index contributed by atoms with van der Waals surface area (Å²) < 4.78 is 12.7. The summed E-state index contributed by atoms with van der Waals surface area (Å²) in [6, 6.07) is 18.2. The highest BCUT2D eigenvalue weighted by Gasteiger charge is 2.15. The number of methoxy groups -OCH3 is 2. The molecule has 0 aliphatic rings. The van der Waals surface area contributed by atoms with Crippen molar-refractivity contribution in [3.05, 3.63) is 71.1 Å². The SMILES string of the molecule is COc1ccc(OC)c(NC(=O)Cn2nc3ccc(Sc4ccccc4)nn3c2=O)c1. The minimum absolute atomic E-state index is 0.274. The first-order chi connectivity index (χ1) is 15.1. The number of benzene rings is 2. The van der Waals surface area contributed by atoms with Gasteiger partial charge in [-0.15, -0.1) is 5.10 Å². The van der Waals surface area contributed by atoms with Crippen molar-refractivity contribution >= 4 is 29.0 Å². The topological polar surface area (TPSA) is 99.8 Å². The largest absolute Gasteiger partial charge is 0.497 e. The summed E-state index contributed by atoms with van der Waals surface area (Å²) in [7, 11) is 3.03. The molecule has 0 aliphatic carbocycles. The van der Waals surface area contributed by atoms with E-state index in [-0.39, 0.29) is 6.54 Å². The fourth-order valence-electron chi connectivity index (χ4n) is 2.90. The standard InChI is InChI=1S/C21H19N5O4S/c1-29-14-8-9-17(30-2)16(12-14)22-19(27)13-25-21(28)26-18(23-25)10-11-20(24-26)31-15-6-4-3-5-7-15/h3-12H,13H2,1-2H3,(H,22,27). The van der Waals surface area contributed by atoms with E-state index in [9.17, 15) is 9.59 Å². The highest BCUT2D eigenvalue weighted by molar-refractivity contribution is 7.99. The summed E-state index contributed by atoms with van der Waals surface area (Å²) in [5, 5.41) is 11.9. The fraction of sp³-hybridized carbons (Fsp3) is 0.143. The Kier molecular flexibility index (Phi) is 5.89. The van der Waals surface area contributed by atoms with Gasteiger partial charge in [-0.1, -0.05) is 30.0 Å². The molecule has 4 rings (SSSR count). The maximum absolute atomic E-state index is 12.7. The van der Waals surface area contributed by atoms with Crippen molar-refractivity contribution in [2.75, 3.05) is 19.5 Å². The molecule has 0 fully saturated rings. The minimum atomic E-state index is -0.502. The van der Waals surface area contributed by atoms with Gasteiger partial charge in [-0.3, -0.25) is 4.79 Å². The lowest BCUT2D eigenvalue weighted by Crippen LogP contribution is -2.29. The molecule has 0 bridgehead atoms.